The predicted molar refractivity (Wildman–Crippen MR) is 64.9 cm³/mol. The Hall–Kier alpha value is -1.83. The van der Waals surface area contributed by atoms with Crippen LogP contribution in [0.3, 0.4) is 0 Å². The Balaban J connectivity index is 2.43. The van der Waals surface area contributed by atoms with E-state index in [1.54, 1.807) is 0 Å². The Morgan fingerprint density at radius 1 is 1.06 bits per heavy atom. The average molecular weight is 213 g/mol. The fourth-order valence-electron chi connectivity index (χ4n) is 1.86. The molecule has 0 saturated carbocycles. The quantitative estimate of drug-likeness (QED) is 0.763. The number of ketones is 1. The molecule has 2 aromatic rings. The molecule has 82 valence electrons. The van der Waals surface area contributed by atoms with Crippen LogP contribution in [0.5, 0.6) is 0 Å². The molecule has 1 heterocycles. The van der Waals surface area contributed by atoms with Gasteiger partial charge in [0.05, 0.1) is 0 Å². The van der Waals surface area contributed by atoms with Crippen molar-refractivity contribution in [3.8, 4) is 0 Å². The van der Waals surface area contributed by atoms with E-state index in [0.717, 1.165) is 22.4 Å². The summed E-state index contributed by atoms with van der Waals surface area (Å²) in [6.07, 6.45) is 1.87. The first-order valence-corrected chi connectivity index (χ1v) is 5.35. The number of aromatic nitrogens is 1. The van der Waals surface area contributed by atoms with Gasteiger partial charge in [-0.2, -0.15) is 0 Å². The lowest BCUT2D eigenvalue weighted by molar-refractivity contribution is 0.103. The Labute approximate surface area is 95.3 Å². The third-order valence-corrected chi connectivity index (χ3v) is 2.82. The number of carbonyl (C=O) groups is 1. The number of carbonyl (C=O) groups excluding carboxylic acids is 1. The second-order valence-corrected chi connectivity index (χ2v) is 4.17. The van der Waals surface area contributed by atoms with Crippen molar-refractivity contribution in [3.63, 3.8) is 0 Å². The van der Waals surface area contributed by atoms with Gasteiger partial charge in [-0.1, -0.05) is 29.8 Å². The number of benzene rings is 1. The molecule has 0 unspecified atom stereocenters. The lowest BCUT2D eigenvalue weighted by Gasteiger charge is -2.02. The van der Waals surface area contributed by atoms with Gasteiger partial charge in [-0.05, 0) is 26.3 Å². The first-order chi connectivity index (χ1) is 7.59. The fourth-order valence-corrected chi connectivity index (χ4v) is 1.86. The molecular formula is C14H15NO. The topological polar surface area (TPSA) is 32.9 Å². The number of H-pyrrole nitrogens is 1. The van der Waals surface area contributed by atoms with Gasteiger partial charge in [0, 0.05) is 23.0 Å². The molecule has 0 atom stereocenters. The summed E-state index contributed by atoms with van der Waals surface area (Å²) in [6.45, 7) is 5.89. The maximum atomic E-state index is 12.2. The highest BCUT2D eigenvalue weighted by atomic mass is 16.1. The number of aryl methyl sites for hydroxylation is 3. The number of hydrogen-bond acceptors (Lipinski definition) is 1. The summed E-state index contributed by atoms with van der Waals surface area (Å²) in [6, 6.07) is 7.68. The highest BCUT2D eigenvalue weighted by Crippen LogP contribution is 2.17. The van der Waals surface area contributed by atoms with Gasteiger partial charge in [0.15, 0.2) is 5.78 Å². The Morgan fingerprint density at radius 3 is 2.19 bits per heavy atom. The van der Waals surface area contributed by atoms with Crippen molar-refractivity contribution >= 4 is 5.78 Å². The number of hydrogen-bond donors (Lipinski definition) is 1. The molecule has 2 nitrogen and oxygen atoms in total. The molecular weight excluding hydrogens is 198 g/mol. The minimum atomic E-state index is 0.0938. The molecule has 2 heteroatoms. The van der Waals surface area contributed by atoms with Crippen LogP contribution in [0.25, 0.3) is 0 Å². The van der Waals surface area contributed by atoms with E-state index in [2.05, 4.69) is 4.98 Å². The Bertz CT molecular complexity index is 501. The lowest BCUT2D eigenvalue weighted by atomic mass is 10.00. The Kier molecular flexibility index (Phi) is 2.65. The van der Waals surface area contributed by atoms with Gasteiger partial charge in [0.25, 0.3) is 0 Å². The van der Waals surface area contributed by atoms with Crippen LogP contribution in [0, 0.1) is 20.8 Å². The molecule has 0 bridgehead atoms. The van der Waals surface area contributed by atoms with E-state index < -0.39 is 0 Å². The van der Waals surface area contributed by atoms with Crippen LogP contribution in [-0.2, 0) is 0 Å². The third kappa shape index (κ3) is 1.78. The highest BCUT2D eigenvalue weighted by molar-refractivity contribution is 6.10. The lowest BCUT2D eigenvalue weighted by Crippen LogP contribution is -2.03. The first kappa shape index (κ1) is 10.7. The van der Waals surface area contributed by atoms with Gasteiger partial charge in [-0.15, -0.1) is 0 Å². The van der Waals surface area contributed by atoms with Crippen molar-refractivity contribution in [1.29, 1.82) is 0 Å². The first-order valence-electron chi connectivity index (χ1n) is 5.35. The van der Waals surface area contributed by atoms with Crippen LogP contribution in [0.1, 0.15) is 32.7 Å². The van der Waals surface area contributed by atoms with E-state index in [-0.39, 0.29) is 5.78 Å². The maximum Gasteiger partial charge on any atom is 0.195 e. The van der Waals surface area contributed by atoms with E-state index in [1.165, 1.54) is 5.56 Å². The maximum absolute atomic E-state index is 12.2. The average Bonchev–Trinajstić information content (AvgIpc) is 2.59. The number of rotatable bonds is 2. The van der Waals surface area contributed by atoms with Crippen LogP contribution in [0.2, 0.25) is 0 Å². The highest BCUT2D eigenvalue weighted by Gasteiger charge is 2.15. The summed E-state index contributed by atoms with van der Waals surface area (Å²) in [4.78, 5) is 15.3. The van der Waals surface area contributed by atoms with Crippen molar-refractivity contribution < 1.29 is 4.79 Å². The fraction of sp³-hybridized carbons (Fsp3) is 0.214. The van der Waals surface area contributed by atoms with Crippen molar-refractivity contribution in [2.24, 2.45) is 0 Å². The second kappa shape index (κ2) is 3.97. The summed E-state index contributed by atoms with van der Waals surface area (Å²) in [5, 5.41) is 0. The summed E-state index contributed by atoms with van der Waals surface area (Å²) in [7, 11) is 0. The standard InChI is InChI=1S/C14H15NO/c1-9-4-6-12(7-5-9)14(16)13-10(2)8-15-11(13)3/h4-8,15H,1-3H3. The molecule has 0 spiro atoms. The molecule has 0 fully saturated rings. The molecule has 1 aromatic heterocycles. The van der Waals surface area contributed by atoms with E-state index >= 15 is 0 Å². The largest absolute Gasteiger partial charge is 0.364 e. The molecule has 16 heavy (non-hydrogen) atoms. The predicted octanol–water partition coefficient (Wildman–Crippen LogP) is 3.17. The summed E-state index contributed by atoms with van der Waals surface area (Å²) >= 11 is 0. The van der Waals surface area contributed by atoms with Gasteiger partial charge in [-0.3, -0.25) is 4.79 Å². The van der Waals surface area contributed by atoms with E-state index in [0.29, 0.717) is 0 Å². The van der Waals surface area contributed by atoms with E-state index in [4.69, 9.17) is 0 Å². The van der Waals surface area contributed by atoms with Crippen LogP contribution >= 0.6 is 0 Å². The van der Waals surface area contributed by atoms with E-state index in [1.807, 2.05) is 51.2 Å². The van der Waals surface area contributed by atoms with Crippen molar-refractivity contribution in [2.45, 2.75) is 20.8 Å². The molecule has 0 radical (unpaired) electrons. The van der Waals surface area contributed by atoms with Crippen LogP contribution in [0.15, 0.2) is 30.5 Å². The van der Waals surface area contributed by atoms with Gasteiger partial charge in [0.2, 0.25) is 0 Å². The van der Waals surface area contributed by atoms with Gasteiger partial charge in [-0.25, -0.2) is 0 Å². The zero-order valence-electron chi connectivity index (χ0n) is 9.79. The van der Waals surface area contributed by atoms with Crippen molar-refractivity contribution in [1.82, 2.24) is 4.98 Å². The molecule has 0 aliphatic heterocycles. The molecule has 2 rings (SSSR count). The van der Waals surface area contributed by atoms with Gasteiger partial charge >= 0.3 is 0 Å². The van der Waals surface area contributed by atoms with Crippen LogP contribution in [-0.4, -0.2) is 10.8 Å². The minimum absolute atomic E-state index is 0.0938. The molecule has 1 N–H and O–H groups in total. The van der Waals surface area contributed by atoms with Crippen LogP contribution in [0.4, 0.5) is 0 Å². The number of aromatic amines is 1. The third-order valence-electron chi connectivity index (χ3n) is 2.82. The zero-order chi connectivity index (χ0) is 11.7. The van der Waals surface area contributed by atoms with Gasteiger partial charge in [0.1, 0.15) is 0 Å². The zero-order valence-corrected chi connectivity index (χ0v) is 9.79. The summed E-state index contributed by atoms with van der Waals surface area (Å²) < 4.78 is 0. The SMILES string of the molecule is Cc1ccc(C(=O)c2c(C)c[nH]c2C)cc1. The Morgan fingerprint density at radius 2 is 1.69 bits per heavy atom. The van der Waals surface area contributed by atoms with E-state index in [9.17, 15) is 4.79 Å². The molecule has 1 aromatic carbocycles. The smallest absolute Gasteiger partial charge is 0.195 e. The van der Waals surface area contributed by atoms with Crippen molar-refractivity contribution in [3.05, 3.63) is 58.4 Å². The monoisotopic (exact) mass is 213 g/mol. The molecule has 0 saturated heterocycles. The molecule has 0 amide bonds. The van der Waals surface area contributed by atoms with Crippen molar-refractivity contribution in [2.75, 3.05) is 0 Å². The molecule has 0 aliphatic carbocycles. The normalized spacial score (nSPS) is 10.4. The second-order valence-electron chi connectivity index (χ2n) is 4.17. The van der Waals surface area contributed by atoms with Gasteiger partial charge < -0.3 is 4.98 Å². The minimum Gasteiger partial charge on any atom is -0.364 e. The summed E-state index contributed by atoms with van der Waals surface area (Å²) in [5.74, 6) is 0.0938. The molecule has 0 aliphatic rings. The summed E-state index contributed by atoms with van der Waals surface area (Å²) in [5.41, 5.74) is 4.64. The van der Waals surface area contributed by atoms with Crippen LogP contribution < -0.4 is 0 Å². The number of nitrogens with one attached hydrogen (secondary N) is 1.